The molecule has 2 aromatic rings. The quantitative estimate of drug-likeness (QED) is 0.334. The summed E-state index contributed by atoms with van der Waals surface area (Å²) < 4.78 is 57.2. The highest BCUT2D eigenvalue weighted by molar-refractivity contribution is 7.95. The van der Waals surface area contributed by atoms with Gasteiger partial charge in [-0.05, 0) is 37.5 Å². The van der Waals surface area contributed by atoms with Crippen LogP contribution in [0.2, 0.25) is 0 Å². The van der Waals surface area contributed by atoms with Crippen LogP contribution >= 0.6 is 0 Å². The Bertz CT molecular complexity index is 1350. The summed E-state index contributed by atoms with van der Waals surface area (Å²) in [6, 6.07) is 2.88. The van der Waals surface area contributed by atoms with Crippen LogP contribution in [0.1, 0.15) is 37.8 Å². The number of oxime groups is 1. The molecule has 0 unspecified atom stereocenters. The molecule has 0 N–H and O–H groups in total. The van der Waals surface area contributed by atoms with E-state index in [2.05, 4.69) is 10.3 Å². The SMILES string of the molecule is CCCS(=O)(=O)Oc1c(-c2ccc3c(c2C)C(=NOC)CC(=C=O)S3(=O)=O)cnn1CC. The normalized spacial score (nSPS) is 16.5. The molecule has 0 fully saturated rings. The van der Waals surface area contributed by atoms with Crippen LogP contribution in [0.4, 0.5) is 0 Å². The van der Waals surface area contributed by atoms with E-state index in [0.717, 1.165) is 0 Å². The smallest absolute Gasteiger partial charge is 0.310 e. The van der Waals surface area contributed by atoms with Gasteiger partial charge in [0.05, 0.1) is 28.1 Å². The average molecular weight is 482 g/mol. The molecule has 2 heterocycles. The van der Waals surface area contributed by atoms with Gasteiger partial charge >= 0.3 is 10.1 Å². The summed E-state index contributed by atoms with van der Waals surface area (Å²) in [5, 5.41) is 8.13. The predicted octanol–water partition coefficient (Wildman–Crippen LogP) is 2.24. The predicted molar refractivity (Wildman–Crippen MR) is 117 cm³/mol. The van der Waals surface area contributed by atoms with Gasteiger partial charge in [0.2, 0.25) is 15.7 Å². The number of rotatable bonds is 7. The molecule has 1 aliphatic heterocycles. The van der Waals surface area contributed by atoms with E-state index in [4.69, 9.17) is 9.02 Å². The Labute approximate surface area is 186 Å². The van der Waals surface area contributed by atoms with Gasteiger partial charge in [-0.3, -0.25) is 0 Å². The highest BCUT2D eigenvalue weighted by Crippen LogP contribution is 2.40. The molecule has 3 rings (SSSR count). The molecule has 32 heavy (non-hydrogen) atoms. The molecule has 0 amide bonds. The molecule has 0 spiro atoms. The van der Waals surface area contributed by atoms with Crippen LogP contribution < -0.4 is 4.18 Å². The van der Waals surface area contributed by atoms with Gasteiger partial charge in [0, 0.05) is 18.5 Å². The molecule has 0 atom stereocenters. The Morgan fingerprint density at radius 1 is 1.25 bits per heavy atom. The van der Waals surface area contributed by atoms with Gasteiger partial charge in [0.1, 0.15) is 18.0 Å². The van der Waals surface area contributed by atoms with Gasteiger partial charge in [-0.2, -0.15) is 13.5 Å². The second-order valence-electron chi connectivity index (χ2n) is 7.06. The fourth-order valence-corrected chi connectivity index (χ4v) is 6.08. The molecule has 0 aliphatic carbocycles. The van der Waals surface area contributed by atoms with E-state index in [1.807, 2.05) is 0 Å². The van der Waals surface area contributed by atoms with E-state index >= 15 is 0 Å². The van der Waals surface area contributed by atoms with Crippen molar-refractivity contribution in [2.45, 2.75) is 45.1 Å². The van der Waals surface area contributed by atoms with Crippen molar-refractivity contribution in [3.8, 4) is 17.0 Å². The highest BCUT2D eigenvalue weighted by Gasteiger charge is 2.36. The Hall–Kier alpha value is -2.95. The minimum atomic E-state index is -4.04. The fraction of sp³-hybridized carbons (Fsp3) is 0.400. The summed E-state index contributed by atoms with van der Waals surface area (Å²) in [6.45, 7) is 5.56. The number of carbonyl (C=O) groups excluding carboxylic acids is 1. The van der Waals surface area contributed by atoms with Crippen molar-refractivity contribution in [3.05, 3.63) is 34.4 Å². The third-order valence-electron chi connectivity index (χ3n) is 5.01. The number of benzene rings is 1. The Morgan fingerprint density at radius 2 is 1.97 bits per heavy atom. The van der Waals surface area contributed by atoms with E-state index in [1.54, 1.807) is 20.8 Å². The zero-order valence-electron chi connectivity index (χ0n) is 18.1. The van der Waals surface area contributed by atoms with Gasteiger partial charge in [-0.25, -0.2) is 17.9 Å². The lowest BCUT2D eigenvalue weighted by Crippen LogP contribution is -2.23. The van der Waals surface area contributed by atoms with Gasteiger partial charge in [0.25, 0.3) is 0 Å². The number of aryl methyl sites for hydroxylation is 1. The molecule has 172 valence electrons. The first-order valence-corrected chi connectivity index (χ1v) is 12.9. The minimum absolute atomic E-state index is 0.0429. The third kappa shape index (κ3) is 4.08. The standard InChI is InChI=1S/C20H23N3O7S2/c1-5-9-31(25,26)30-20-16(11-21-23(20)6-2)15-7-8-18-19(13(15)3)17(22-29-4)10-14(12-24)32(18,27)28/h7-8,11H,5-6,9-10H2,1-4H3. The number of hydrogen-bond donors (Lipinski definition) is 0. The molecule has 1 aliphatic rings. The van der Waals surface area contributed by atoms with Crippen molar-refractivity contribution in [2.24, 2.45) is 5.16 Å². The van der Waals surface area contributed by atoms with Crippen LogP contribution in [0.3, 0.4) is 0 Å². The summed E-state index contributed by atoms with van der Waals surface area (Å²) in [6.07, 6.45) is 1.59. The van der Waals surface area contributed by atoms with Crippen molar-refractivity contribution in [1.29, 1.82) is 0 Å². The van der Waals surface area contributed by atoms with Crippen molar-refractivity contribution in [3.63, 3.8) is 0 Å². The maximum Gasteiger partial charge on any atom is 0.310 e. The van der Waals surface area contributed by atoms with Crippen molar-refractivity contribution < 1.29 is 30.7 Å². The molecule has 0 radical (unpaired) electrons. The highest BCUT2D eigenvalue weighted by atomic mass is 32.2. The van der Waals surface area contributed by atoms with Crippen LogP contribution in [-0.2, 0) is 36.1 Å². The first-order valence-electron chi connectivity index (χ1n) is 9.82. The minimum Gasteiger partial charge on any atom is -0.399 e. The van der Waals surface area contributed by atoms with E-state index in [1.165, 1.54) is 36.1 Å². The van der Waals surface area contributed by atoms with Crippen molar-refractivity contribution in [1.82, 2.24) is 9.78 Å². The van der Waals surface area contributed by atoms with Gasteiger partial charge in [-0.15, -0.1) is 0 Å². The second kappa shape index (κ2) is 8.89. The summed E-state index contributed by atoms with van der Waals surface area (Å²) in [5.74, 6) is 1.37. The third-order valence-corrected chi connectivity index (χ3v) is 8.13. The molecule has 0 bridgehead atoms. The van der Waals surface area contributed by atoms with Gasteiger partial charge < -0.3 is 9.02 Å². The number of aromatic nitrogens is 2. The molecule has 0 saturated heterocycles. The summed E-state index contributed by atoms with van der Waals surface area (Å²) in [5.41, 5.74) is 1.94. The molecule has 1 aromatic heterocycles. The topological polar surface area (TPSA) is 134 Å². The molecule has 10 nitrogen and oxygen atoms in total. The number of sulfone groups is 1. The lowest BCUT2D eigenvalue weighted by Gasteiger charge is -2.22. The Balaban J connectivity index is 2.28. The largest absolute Gasteiger partial charge is 0.399 e. The van der Waals surface area contributed by atoms with Gasteiger partial charge in [0.15, 0.2) is 0 Å². The number of hydrogen-bond acceptors (Lipinski definition) is 9. The summed E-state index contributed by atoms with van der Waals surface area (Å²) in [4.78, 5) is 15.6. The molecular formula is C20H23N3O7S2. The first kappa shape index (κ1) is 23.7. The van der Waals surface area contributed by atoms with Crippen LogP contribution in [0.15, 0.2) is 33.3 Å². The Morgan fingerprint density at radius 3 is 2.56 bits per heavy atom. The number of allylic oxidation sites excluding steroid dienone is 1. The van der Waals surface area contributed by atoms with Crippen LogP contribution in [0, 0.1) is 6.92 Å². The van der Waals surface area contributed by atoms with Crippen LogP contribution in [-0.4, -0.2) is 51.1 Å². The summed E-state index contributed by atoms with van der Waals surface area (Å²) in [7, 11) is -6.57. The zero-order valence-corrected chi connectivity index (χ0v) is 19.7. The van der Waals surface area contributed by atoms with Gasteiger partial charge in [-0.1, -0.05) is 18.1 Å². The average Bonchev–Trinajstić information content (AvgIpc) is 3.11. The Kier molecular flexibility index (Phi) is 6.59. The van der Waals surface area contributed by atoms with Crippen LogP contribution in [0.25, 0.3) is 11.1 Å². The zero-order chi connectivity index (χ0) is 23.7. The van der Waals surface area contributed by atoms with Crippen molar-refractivity contribution >= 4 is 31.6 Å². The number of fused-ring (bicyclic) bond motifs is 1. The molecule has 12 heteroatoms. The fourth-order valence-electron chi connectivity index (χ4n) is 3.59. The first-order chi connectivity index (χ1) is 15.1. The van der Waals surface area contributed by atoms with Crippen molar-refractivity contribution in [2.75, 3.05) is 12.9 Å². The molecule has 1 aromatic carbocycles. The van der Waals surface area contributed by atoms with E-state index in [9.17, 15) is 21.6 Å². The van der Waals surface area contributed by atoms with E-state index in [-0.39, 0.29) is 34.2 Å². The lowest BCUT2D eigenvalue weighted by molar-refractivity contribution is 0.213. The maximum atomic E-state index is 12.8. The molecular weight excluding hydrogens is 458 g/mol. The molecule has 0 saturated carbocycles. The maximum absolute atomic E-state index is 12.8. The lowest BCUT2D eigenvalue weighted by atomic mass is 9.94. The van der Waals surface area contributed by atoms with E-state index in [0.29, 0.717) is 29.7 Å². The second-order valence-corrected chi connectivity index (χ2v) is 10.7. The number of nitrogens with zero attached hydrogens (tertiary/aromatic N) is 3. The van der Waals surface area contributed by atoms with Crippen LogP contribution in [0.5, 0.6) is 5.88 Å². The van der Waals surface area contributed by atoms with E-state index < -0.39 is 24.9 Å². The summed E-state index contributed by atoms with van der Waals surface area (Å²) >= 11 is 0. The monoisotopic (exact) mass is 481 g/mol.